The molecule has 0 bridgehead atoms. The van der Waals surface area contributed by atoms with E-state index in [0.717, 1.165) is 26.7 Å². The van der Waals surface area contributed by atoms with Gasteiger partial charge < -0.3 is 90.0 Å². The molecule has 11 amide bonds. The van der Waals surface area contributed by atoms with Crippen LogP contribution in [0, 0.1) is 22.7 Å². The minimum absolute atomic E-state index is 0.0996. The Morgan fingerprint density at radius 1 is 0.495 bits per heavy atom. The van der Waals surface area contributed by atoms with Gasteiger partial charge in [0.05, 0.1) is 17.5 Å². The summed E-state index contributed by atoms with van der Waals surface area (Å²) in [5.41, 5.74) is 0. The number of unbranched alkanes of at least 4 members (excludes halogenated alkanes) is 1. The maximum atomic E-state index is 15.0. The molecule has 0 aromatic heterocycles. The van der Waals surface area contributed by atoms with E-state index in [1.54, 1.807) is 27.7 Å². The molecule has 22 N–H and O–H groups in total. The molecule has 0 aromatic rings. The number of nitrogens with one attached hydrogen (secondary N) is 15. The van der Waals surface area contributed by atoms with E-state index in [-0.39, 0.29) is 30.8 Å². The van der Waals surface area contributed by atoms with Gasteiger partial charge in [-0.3, -0.25) is 75.5 Å². The molecule has 109 heavy (non-hydrogen) atoms. The van der Waals surface area contributed by atoms with Crippen LogP contribution in [-0.2, 0) is 103 Å². The van der Waals surface area contributed by atoms with Crippen molar-refractivity contribution in [2.24, 2.45) is 23.0 Å². The second-order valence-corrected chi connectivity index (χ2v) is 34.2. The van der Waals surface area contributed by atoms with E-state index in [1.165, 1.54) is 0 Å². The summed E-state index contributed by atoms with van der Waals surface area (Å²) in [6.07, 6.45) is -5.88. The Kier molecular flexibility index (Phi) is 44.6. The number of rotatable bonds is 45. The van der Waals surface area contributed by atoms with Crippen LogP contribution < -0.4 is 79.8 Å². The number of hydrogen-bond acceptors (Lipinski definition) is 29. The third kappa shape index (κ3) is 45.1. The van der Waals surface area contributed by atoms with Gasteiger partial charge in [0, 0.05) is 19.5 Å². The molecular formula is C58H109N17O29S5. The molecule has 0 spiro atoms. The van der Waals surface area contributed by atoms with Crippen LogP contribution in [0.2, 0.25) is 0 Å². The van der Waals surface area contributed by atoms with Crippen molar-refractivity contribution in [1.29, 1.82) is 0 Å². The average molecular weight is 1670 g/mol. The lowest BCUT2D eigenvalue weighted by Crippen LogP contribution is -2.62. The highest BCUT2D eigenvalue weighted by Gasteiger charge is 2.39. The summed E-state index contributed by atoms with van der Waals surface area (Å²) in [4.78, 5) is 170. The maximum absolute atomic E-state index is 15.0. The summed E-state index contributed by atoms with van der Waals surface area (Å²) >= 11 is 0. The Morgan fingerprint density at radius 2 is 0.908 bits per heavy atom. The molecule has 0 saturated carbocycles. The first-order valence-corrected chi connectivity index (χ1v) is 42.7. The van der Waals surface area contributed by atoms with Crippen LogP contribution in [0.5, 0.6) is 0 Å². The highest BCUT2D eigenvalue weighted by molar-refractivity contribution is 7.86. The molecular weight excluding hydrogens is 1560 g/mol. The topological polar surface area (TPSA) is 713 Å². The Labute approximate surface area is 633 Å². The number of nitrogens with zero attached hydrogens (tertiary/aromatic N) is 2. The zero-order valence-electron chi connectivity index (χ0n) is 61.7. The van der Waals surface area contributed by atoms with E-state index in [1.807, 2.05) is 13.8 Å². The predicted octanol–water partition coefficient (Wildman–Crippen LogP) is -7.67. The molecule has 1 saturated heterocycles. The number of carbonyl (C=O) groups is 11. The van der Waals surface area contributed by atoms with Gasteiger partial charge in [0.1, 0.15) is 83.9 Å². The second kappa shape index (κ2) is 48.6. The third-order valence-electron chi connectivity index (χ3n) is 16.1. The number of nitroso groups, excluding NO2 is 1. The lowest BCUT2D eigenvalue weighted by atomic mass is 9.99. The molecule has 1 fully saturated rings. The molecule has 1 rings (SSSR count). The van der Waals surface area contributed by atoms with Crippen LogP contribution in [0.25, 0.3) is 0 Å². The molecule has 46 nitrogen and oxygen atoms in total. The van der Waals surface area contributed by atoms with E-state index in [4.69, 9.17) is 0 Å². The summed E-state index contributed by atoms with van der Waals surface area (Å²) in [5, 5.41) is 59.7. The smallest absolute Gasteiger partial charge is 0.285 e. The van der Waals surface area contributed by atoms with E-state index in [2.05, 4.69) is 85.0 Å². The Hall–Kier alpha value is -7.12. The van der Waals surface area contributed by atoms with Gasteiger partial charge in [0.2, 0.25) is 65.0 Å². The lowest BCUT2D eigenvalue weighted by Gasteiger charge is -2.29. The predicted molar refractivity (Wildman–Crippen MR) is 387 cm³/mol. The molecule has 0 aromatic carbocycles. The standard InChI is InChI=1S/C58H109N17O29S5/c1-9-35(6)12-10-11-13-46(78)64-38(14-20-59-28-105(90,91)92)53(83)73-48(37(8)77)58(88)69-40(16-22-61-30-107(96,97)98)50(80)66-42-18-24-63-57(87)47(36(7)76)72-54(84)41(17-23-62-31-108(99,100)101)65-49(79)39(15-21-60-29-106(93,94)95)67-55(85)44(26-33(2)3)71-56(86)45(27-34(4)5)70-52(82)43(68-51(42)81)19-25-75(74-89)32-109(102,103)104/h33-45,47-48,59-62,76-77H,9-32H2,1-8H3,(H,63,87)(H,64,78)(H,65,79)(H,66,80)(H,67,85)(H,68,81)(H,69,88)(H,70,82)(H,71,86)(H,72,84)(H,73,83)(H,90,91,92)(H,93,94,95)(H,96,97,98)(H,99,100,101)(H,102,103,104)/t35-,36+,37+,38-,39-,40-,41-,42-,43-,44-,45+,47-,48-/m0/s1. The van der Waals surface area contributed by atoms with Gasteiger partial charge in [-0.1, -0.05) is 60.8 Å². The fourth-order valence-corrected chi connectivity index (χ4v) is 12.5. The van der Waals surface area contributed by atoms with Gasteiger partial charge in [-0.05, 0) is 116 Å². The summed E-state index contributed by atoms with van der Waals surface area (Å²) in [5.74, 6) is -20.1. The second-order valence-electron chi connectivity index (χ2n) is 27.0. The van der Waals surface area contributed by atoms with E-state index >= 15 is 0 Å². The van der Waals surface area contributed by atoms with Gasteiger partial charge in [0.25, 0.3) is 50.6 Å². The molecule has 1 aliphatic rings. The van der Waals surface area contributed by atoms with Crippen molar-refractivity contribution >= 4 is 116 Å². The number of hydrogen-bond donors (Lipinski definition) is 22. The van der Waals surface area contributed by atoms with Crippen molar-refractivity contribution in [3.05, 3.63) is 4.91 Å². The van der Waals surface area contributed by atoms with Gasteiger partial charge in [-0.15, -0.1) is 4.91 Å². The lowest BCUT2D eigenvalue weighted by molar-refractivity contribution is -0.137. The highest BCUT2D eigenvalue weighted by atomic mass is 32.2. The number of aliphatic hydroxyl groups excluding tert-OH is 2. The van der Waals surface area contributed by atoms with E-state index < -0.39 is 301 Å². The monoisotopic (exact) mass is 1670 g/mol. The summed E-state index contributed by atoms with van der Waals surface area (Å²) in [6, 6.07) is -19.1. The van der Waals surface area contributed by atoms with Crippen molar-refractivity contribution in [1.82, 2.24) is 84.8 Å². The first kappa shape index (κ1) is 99.9. The molecule has 0 unspecified atom stereocenters. The largest absolute Gasteiger partial charge is 0.391 e. The maximum Gasteiger partial charge on any atom is 0.285 e. The van der Waals surface area contributed by atoms with Gasteiger partial charge in [-0.25, -0.2) is 5.01 Å². The van der Waals surface area contributed by atoms with Gasteiger partial charge in [0.15, 0.2) is 5.88 Å². The number of amides is 11. The number of carbonyl (C=O) groups excluding carboxylic acids is 11. The Morgan fingerprint density at radius 3 is 1.32 bits per heavy atom. The zero-order valence-corrected chi connectivity index (χ0v) is 65.8. The van der Waals surface area contributed by atoms with Crippen LogP contribution in [0.15, 0.2) is 5.29 Å². The average Bonchev–Trinajstić information content (AvgIpc) is 0.996. The summed E-state index contributed by atoms with van der Waals surface area (Å²) < 4.78 is 164. The van der Waals surface area contributed by atoms with Crippen LogP contribution in [-0.4, -0.2) is 286 Å². The Balaban J connectivity index is 4.41. The SMILES string of the molecule is CC[C@H](C)CCCCC(=O)N[C@@H](CCNCS(=O)(=O)O)C(=O)N[C@H](C(=O)N[C@@H](CCNCS(=O)(=O)O)C(=O)N[C@H]1CCNC(=O)[C@H]([C@@H](C)O)NC(=O)[C@H](CCNCS(=O)(=O)O)NC(=O)[C@H](CCNCS(=O)(=O)O)NC(=O)[C@H](CC(C)C)NC(=O)[C@@H](CC(C)C)NC(=O)[C@H](CCN(CS(=O)(=O)O)N=O)NC1=O)[C@@H](C)O. The van der Waals surface area contributed by atoms with E-state index in [9.17, 15) is 133 Å². The van der Waals surface area contributed by atoms with Gasteiger partial charge in [-0.2, -0.15) is 42.1 Å². The van der Waals surface area contributed by atoms with Crippen molar-refractivity contribution in [2.45, 2.75) is 211 Å². The van der Waals surface area contributed by atoms with E-state index in [0.29, 0.717) is 18.8 Å². The van der Waals surface area contributed by atoms with Crippen LogP contribution in [0.4, 0.5) is 0 Å². The molecule has 630 valence electrons. The fraction of sp³-hybridized carbons (Fsp3) is 0.810. The van der Waals surface area contributed by atoms with Crippen LogP contribution in [0.3, 0.4) is 0 Å². The van der Waals surface area contributed by atoms with Crippen molar-refractivity contribution < 1.29 is 128 Å². The fourth-order valence-electron chi connectivity index (χ4n) is 10.3. The normalized spacial score (nSPS) is 21.3. The number of aliphatic hydroxyl groups is 2. The highest BCUT2D eigenvalue weighted by Crippen LogP contribution is 2.15. The first-order valence-electron chi connectivity index (χ1n) is 34.7. The molecule has 51 heteroatoms. The quantitative estimate of drug-likeness (QED) is 0.0117. The zero-order chi connectivity index (χ0) is 83.4. The van der Waals surface area contributed by atoms with Crippen molar-refractivity contribution in [3.8, 4) is 0 Å². The summed E-state index contributed by atoms with van der Waals surface area (Å²) in [7, 11) is -23.9. The minimum atomic E-state index is -5.07. The molecule has 0 aliphatic carbocycles. The third-order valence-corrected chi connectivity index (χ3v) is 19.0. The first-order chi connectivity index (χ1) is 50.3. The van der Waals surface area contributed by atoms with Crippen molar-refractivity contribution in [3.63, 3.8) is 0 Å². The van der Waals surface area contributed by atoms with Crippen LogP contribution >= 0.6 is 0 Å². The van der Waals surface area contributed by atoms with Crippen molar-refractivity contribution in [2.75, 3.05) is 68.7 Å². The molecule has 13 atom stereocenters. The van der Waals surface area contributed by atoms with Crippen LogP contribution in [0.1, 0.15) is 139 Å². The molecule has 1 aliphatic heterocycles. The summed E-state index contributed by atoms with van der Waals surface area (Å²) in [6.45, 7) is 8.53. The van der Waals surface area contributed by atoms with Gasteiger partial charge >= 0.3 is 0 Å². The molecule has 1 heterocycles. The minimum Gasteiger partial charge on any atom is -0.391 e. The molecule has 0 radical (unpaired) electrons. The Bertz CT molecular complexity index is 3620.